The zero-order valence-electron chi connectivity index (χ0n) is 17.8. The number of rotatable bonds is 6. The van der Waals surface area contributed by atoms with Crippen molar-refractivity contribution < 1.29 is 19.1 Å². The van der Waals surface area contributed by atoms with E-state index in [1.54, 1.807) is 38.2 Å². The molecule has 4 bridgehead atoms. The Morgan fingerprint density at radius 3 is 2.13 bits per heavy atom. The Morgan fingerprint density at radius 1 is 1.03 bits per heavy atom. The lowest BCUT2D eigenvalue weighted by Gasteiger charge is -2.55. The van der Waals surface area contributed by atoms with E-state index >= 15 is 0 Å². The fourth-order valence-electron chi connectivity index (χ4n) is 6.04. The second kappa shape index (κ2) is 8.28. The highest BCUT2D eigenvalue weighted by Gasteiger charge is 2.54. The van der Waals surface area contributed by atoms with Crippen molar-refractivity contribution in [2.75, 3.05) is 30.4 Å². The number of hydrogen-bond donors (Lipinski definition) is 2. The molecule has 4 aliphatic carbocycles. The molecule has 0 unspecified atom stereocenters. The molecule has 5 rings (SSSR count). The molecule has 0 atom stereocenters. The van der Waals surface area contributed by atoms with E-state index in [2.05, 4.69) is 10.6 Å². The van der Waals surface area contributed by atoms with Crippen molar-refractivity contribution in [1.29, 1.82) is 0 Å². The molecule has 0 aromatic heterocycles. The van der Waals surface area contributed by atoms with Crippen LogP contribution in [0.5, 0.6) is 0 Å². The molecule has 4 saturated carbocycles. The third-order valence-electron chi connectivity index (χ3n) is 7.01. The Morgan fingerprint density at radius 2 is 1.60 bits per heavy atom. The first-order valence-corrected chi connectivity index (χ1v) is 11.0. The van der Waals surface area contributed by atoms with E-state index in [1.807, 2.05) is 0 Å². The van der Waals surface area contributed by atoms with Gasteiger partial charge in [-0.1, -0.05) is 0 Å². The molecule has 0 radical (unpaired) electrons. The Balaban J connectivity index is 1.28. The molecule has 162 valence electrons. The minimum absolute atomic E-state index is 0.0228. The van der Waals surface area contributed by atoms with E-state index in [9.17, 15) is 14.4 Å². The molecule has 0 saturated heterocycles. The highest BCUT2D eigenvalue weighted by atomic mass is 16.6. The summed E-state index contributed by atoms with van der Waals surface area (Å²) in [6, 6.07) is 6.93. The summed E-state index contributed by atoms with van der Waals surface area (Å²) < 4.78 is 4.97. The molecule has 7 nitrogen and oxygen atoms in total. The lowest BCUT2D eigenvalue weighted by Crippen LogP contribution is -2.54. The highest BCUT2D eigenvalue weighted by Crippen LogP contribution is 2.60. The number of nitrogens with zero attached hydrogens (tertiary/aromatic N) is 1. The maximum Gasteiger partial charge on any atom is 0.413 e. The number of hydrogen-bond acceptors (Lipinski definition) is 4. The summed E-state index contributed by atoms with van der Waals surface area (Å²) in [5, 5.41) is 5.70. The topological polar surface area (TPSA) is 87.7 Å². The number of amides is 3. The summed E-state index contributed by atoms with van der Waals surface area (Å²) in [6.07, 6.45) is 6.39. The zero-order chi connectivity index (χ0) is 21.3. The van der Waals surface area contributed by atoms with Gasteiger partial charge >= 0.3 is 6.09 Å². The van der Waals surface area contributed by atoms with Crippen LogP contribution in [0.15, 0.2) is 24.3 Å². The van der Waals surface area contributed by atoms with E-state index in [0.29, 0.717) is 35.7 Å². The molecule has 0 spiro atoms. The van der Waals surface area contributed by atoms with Crippen LogP contribution in [0.3, 0.4) is 0 Å². The third kappa shape index (κ3) is 4.16. The van der Waals surface area contributed by atoms with Gasteiger partial charge in [-0.2, -0.15) is 0 Å². The number of benzene rings is 1. The summed E-state index contributed by atoms with van der Waals surface area (Å²) in [5.74, 6) is 1.90. The number of carbonyl (C=O) groups is 3. The van der Waals surface area contributed by atoms with Crippen LogP contribution in [-0.2, 0) is 14.3 Å². The van der Waals surface area contributed by atoms with Gasteiger partial charge in [-0.3, -0.25) is 14.5 Å². The monoisotopic (exact) mass is 413 g/mol. The summed E-state index contributed by atoms with van der Waals surface area (Å²) in [7, 11) is 1.63. The molecule has 7 heteroatoms. The van der Waals surface area contributed by atoms with Crippen molar-refractivity contribution >= 4 is 29.3 Å². The van der Waals surface area contributed by atoms with Crippen molar-refractivity contribution in [1.82, 2.24) is 5.32 Å². The van der Waals surface area contributed by atoms with E-state index in [0.717, 1.165) is 19.3 Å². The summed E-state index contributed by atoms with van der Waals surface area (Å²) in [5.41, 5.74) is 1.04. The smallest absolute Gasteiger partial charge is 0.413 e. The van der Waals surface area contributed by atoms with Crippen LogP contribution in [0.1, 0.15) is 45.4 Å². The van der Waals surface area contributed by atoms with Gasteiger partial charge in [-0.25, -0.2) is 4.79 Å². The predicted octanol–water partition coefficient (Wildman–Crippen LogP) is 3.55. The summed E-state index contributed by atoms with van der Waals surface area (Å²) in [4.78, 5) is 38.5. The van der Waals surface area contributed by atoms with Gasteiger partial charge in [0.25, 0.3) is 0 Å². The number of anilines is 2. The van der Waals surface area contributed by atoms with Crippen LogP contribution < -0.4 is 15.5 Å². The molecule has 0 aliphatic heterocycles. The lowest BCUT2D eigenvalue weighted by atomic mass is 9.49. The second-order valence-corrected chi connectivity index (χ2v) is 9.23. The quantitative estimate of drug-likeness (QED) is 0.747. The summed E-state index contributed by atoms with van der Waals surface area (Å²) >= 11 is 0. The van der Waals surface area contributed by atoms with Crippen molar-refractivity contribution in [3.63, 3.8) is 0 Å². The maximum absolute atomic E-state index is 12.9. The molecular formula is C23H31N3O4. The van der Waals surface area contributed by atoms with Crippen LogP contribution >= 0.6 is 0 Å². The van der Waals surface area contributed by atoms with Crippen LogP contribution in [0.25, 0.3) is 0 Å². The number of nitrogens with one attached hydrogen (secondary N) is 2. The van der Waals surface area contributed by atoms with E-state index in [4.69, 9.17) is 4.74 Å². The Labute approximate surface area is 177 Å². The Hall–Kier alpha value is -2.57. The minimum Gasteiger partial charge on any atom is -0.449 e. The van der Waals surface area contributed by atoms with Crippen LogP contribution in [0, 0.1) is 23.2 Å². The second-order valence-electron chi connectivity index (χ2n) is 9.23. The zero-order valence-corrected chi connectivity index (χ0v) is 17.8. The molecule has 1 aromatic rings. The fraction of sp³-hybridized carbons (Fsp3) is 0.609. The predicted molar refractivity (Wildman–Crippen MR) is 114 cm³/mol. The first-order valence-electron chi connectivity index (χ1n) is 11.0. The van der Waals surface area contributed by atoms with E-state index < -0.39 is 6.09 Å². The molecular weight excluding hydrogens is 382 g/mol. The fourth-order valence-corrected chi connectivity index (χ4v) is 6.04. The molecule has 0 heterocycles. The van der Waals surface area contributed by atoms with Crippen LogP contribution in [0.4, 0.5) is 16.2 Å². The molecule has 30 heavy (non-hydrogen) atoms. The lowest BCUT2D eigenvalue weighted by molar-refractivity contribution is -0.146. The first kappa shape index (κ1) is 20.7. The van der Waals surface area contributed by atoms with E-state index in [1.165, 1.54) is 24.2 Å². The molecule has 1 aromatic carbocycles. The maximum atomic E-state index is 12.9. The first-order chi connectivity index (χ1) is 14.4. The van der Waals surface area contributed by atoms with Gasteiger partial charge in [0.2, 0.25) is 11.8 Å². The molecule has 3 amide bonds. The molecule has 2 N–H and O–H groups in total. The van der Waals surface area contributed by atoms with Gasteiger partial charge < -0.3 is 15.4 Å². The number of carbonyl (C=O) groups excluding carboxylic acids is 3. The Bertz CT molecular complexity index is 785. The SMILES string of the molecule is CCOC(=O)N(C)c1ccc(NC(=O)CNC(=O)C23CC4CC(CC(C4)C2)C3)cc1. The standard InChI is InChI=1S/C23H31N3O4/c1-3-30-22(29)26(2)19-6-4-18(5-7-19)25-20(27)14-24-21(28)23-11-15-8-16(12-23)10-17(9-15)13-23/h4-7,15-17H,3,8-14H2,1-2H3,(H,24,28)(H,25,27). The van der Waals surface area contributed by atoms with Gasteiger partial charge in [0.1, 0.15) is 0 Å². The van der Waals surface area contributed by atoms with Crippen molar-refractivity contribution in [2.45, 2.75) is 45.4 Å². The van der Waals surface area contributed by atoms with Crippen LogP contribution in [-0.4, -0.2) is 38.1 Å². The average molecular weight is 414 g/mol. The van der Waals surface area contributed by atoms with Crippen LogP contribution in [0.2, 0.25) is 0 Å². The minimum atomic E-state index is -0.429. The van der Waals surface area contributed by atoms with Gasteiger partial charge in [0, 0.05) is 23.8 Å². The largest absolute Gasteiger partial charge is 0.449 e. The normalized spacial score (nSPS) is 28.7. The van der Waals surface area contributed by atoms with Crippen molar-refractivity contribution in [3.8, 4) is 0 Å². The number of ether oxygens (including phenoxy) is 1. The van der Waals surface area contributed by atoms with Gasteiger partial charge in [-0.15, -0.1) is 0 Å². The van der Waals surface area contributed by atoms with Gasteiger partial charge in [0.05, 0.1) is 13.2 Å². The van der Waals surface area contributed by atoms with E-state index in [-0.39, 0.29) is 23.8 Å². The van der Waals surface area contributed by atoms with Gasteiger partial charge in [-0.05, 0) is 87.5 Å². The third-order valence-corrected chi connectivity index (χ3v) is 7.01. The molecule has 4 aliphatic rings. The summed E-state index contributed by atoms with van der Waals surface area (Å²) in [6.45, 7) is 2.05. The van der Waals surface area contributed by atoms with Gasteiger partial charge in [0.15, 0.2) is 0 Å². The average Bonchev–Trinajstić information content (AvgIpc) is 2.71. The highest BCUT2D eigenvalue weighted by molar-refractivity contribution is 5.96. The Kier molecular flexibility index (Phi) is 5.71. The van der Waals surface area contributed by atoms with Crippen molar-refractivity contribution in [3.05, 3.63) is 24.3 Å². The molecule has 4 fully saturated rings. The van der Waals surface area contributed by atoms with Crippen molar-refractivity contribution in [2.24, 2.45) is 23.2 Å².